The molecule has 2 aliphatic carbocycles. The summed E-state index contributed by atoms with van der Waals surface area (Å²) >= 11 is 1.35. The molecule has 5 nitrogen and oxygen atoms in total. The molecule has 2 atom stereocenters. The summed E-state index contributed by atoms with van der Waals surface area (Å²) in [6, 6.07) is 14.0. The molecule has 0 radical (unpaired) electrons. The second-order valence-corrected chi connectivity index (χ2v) is 9.78. The molecule has 1 heterocycles. The van der Waals surface area contributed by atoms with Gasteiger partial charge >= 0.3 is 0 Å². The van der Waals surface area contributed by atoms with Gasteiger partial charge in [0.25, 0.3) is 0 Å². The third kappa shape index (κ3) is 2.76. The normalized spacial score (nSPS) is 23.9. The third-order valence-electron chi connectivity index (χ3n) is 7.17. The standard InChI is InChI=1S/C23H24N4OS/c1-22(2)16-11-12-23(22,3)20-19(16)26-27-21(25-20)29-13-18(28)24-17-10-6-8-14-7-4-5-9-15(14)17/h4-10,16H,11-13H2,1-3H3,(H,24,28)/t16-,23+/m1/s1. The Balaban J connectivity index is 1.31. The highest BCUT2D eigenvalue weighted by atomic mass is 32.2. The molecule has 1 fully saturated rings. The number of amides is 1. The average molecular weight is 405 g/mol. The van der Waals surface area contributed by atoms with Gasteiger partial charge in [-0.15, -0.1) is 5.10 Å². The molecular weight excluding hydrogens is 380 g/mol. The fraction of sp³-hybridized carbons (Fsp3) is 0.391. The molecular formula is C23H24N4OS. The highest BCUT2D eigenvalue weighted by Gasteiger charge is 2.61. The second kappa shape index (κ2) is 6.52. The van der Waals surface area contributed by atoms with E-state index in [9.17, 15) is 4.79 Å². The van der Waals surface area contributed by atoms with Gasteiger partial charge < -0.3 is 5.32 Å². The number of aromatic nitrogens is 3. The number of hydrogen-bond donors (Lipinski definition) is 1. The Morgan fingerprint density at radius 3 is 2.79 bits per heavy atom. The predicted molar refractivity (Wildman–Crippen MR) is 116 cm³/mol. The van der Waals surface area contributed by atoms with Crippen molar-refractivity contribution in [3.8, 4) is 0 Å². The van der Waals surface area contributed by atoms with Crippen LogP contribution in [0.2, 0.25) is 0 Å². The lowest BCUT2D eigenvalue weighted by atomic mass is 9.70. The minimum Gasteiger partial charge on any atom is -0.325 e. The molecule has 0 unspecified atom stereocenters. The van der Waals surface area contributed by atoms with Crippen LogP contribution < -0.4 is 5.32 Å². The monoisotopic (exact) mass is 404 g/mol. The molecule has 29 heavy (non-hydrogen) atoms. The zero-order valence-electron chi connectivity index (χ0n) is 16.9. The van der Waals surface area contributed by atoms with Crippen molar-refractivity contribution >= 4 is 34.1 Å². The van der Waals surface area contributed by atoms with E-state index in [1.807, 2.05) is 42.5 Å². The Hall–Kier alpha value is -2.47. The van der Waals surface area contributed by atoms with E-state index in [1.165, 1.54) is 11.8 Å². The Bertz CT molecular complexity index is 1120. The van der Waals surface area contributed by atoms with E-state index < -0.39 is 0 Å². The first-order valence-corrected chi connectivity index (χ1v) is 11.0. The summed E-state index contributed by atoms with van der Waals surface area (Å²) in [6.45, 7) is 6.94. The maximum absolute atomic E-state index is 12.5. The fourth-order valence-electron chi connectivity index (χ4n) is 5.07. The van der Waals surface area contributed by atoms with Gasteiger partial charge in [0.1, 0.15) is 0 Å². The van der Waals surface area contributed by atoms with Crippen LogP contribution >= 0.6 is 11.8 Å². The Morgan fingerprint density at radius 2 is 1.93 bits per heavy atom. The summed E-state index contributed by atoms with van der Waals surface area (Å²) in [7, 11) is 0. The quantitative estimate of drug-likeness (QED) is 0.625. The maximum Gasteiger partial charge on any atom is 0.234 e. The molecule has 1 amide bonds. The van der Waals surface area contributed by atoms with Crippen LogP contribution in [0.25, 0.3) is 10.8 Å². The minimum absolute atomic E-state index is 0.0451. The second-order valence-electron chi connectivity index (χ2n) is 8.84. The first-order valence-electron chi connectivity index (χ1n) is 10.1. The lowest BCUT2D eigenvalue weighted by Gasteiger charge is -2.33. The first-order chi connectivity index (χ1) is 13.9. The van der Waals surface area contributed by atoms with Gasteiger partial charge in [0, 0.05) is 22.4 Å². The molecule has 1 saturated carbocycles. The number of carbonyl (C=O) groups excluding carboxylic acids is 1. The largest absolute Gasteiger partial charge is 0.325 e. The van der Waals surface area contributed by atoms with E-state index in [1.54, 1.807) is 0 Å². The molecule has 0 spiro atoms. The van der Waals surface area contributed by atoms with Crippen molar-refractivity contribution in [3.63, 3.8) is 0 Å². The highest BCUT2D eigenvalue weighted by molar-refractivity contribution is 7.99. The Labute approximate surface area is 174 Å². The predicted octanol–water partition coefficient (Wildman–Crippen LogP) is 4.93. The summed E-state index contributed by atoms with van der Waals surface area (Å²) in [4.78, 5) is 17.4. The smallest absolute Gasteiger partial charge is 0.234 e. The number of hydrogen-bond acceptors (Lipinski definition) is 5. The molecule has 2 aliphatic rings. The Kier molecular flexibility index (Phi) is 4.17. The number of rotatable bonds is 4. The first kappa shape index (κ1) is 18.6. The fourth-order valence-corrected chi connectivity index (χ4v) is 5.66. The third-order valence-corrected chi connectivity index (χ3v) is 8.01. The van der Waals surface area contributed by atoms with Crippen LogP contribution in [0.1, 0.15) is 50.9 Å². The Morgan fingerprint density at radius 1 is 1.14 bits per heavy atom. The van der Waals surface area contributed by atoms with E-state index in [-0.39, 0.29) is 22.5 Å². The maximum atomic E-state index is 12.5. The number of fused-ring (bicyclic) bond motifs is 6. The van der Waals surface area contributed by atoms with E-state index >= 15 is 0 Å². The topological polar surface area (TPSA) is 67.8 Å². The average Bonchev–Trinajstić information content (AvgIpc) is 3.05. The SMILES string of the molecule is CC1(C)[C@@H]2CC[C@@]1(C)c1nc(SCC(=O)Nc3cccc4ccccc34)nnc12. The number of nitrogens with zero attached hydrogens (tertiary/aromatic N) is 3. The minimum atomic E-state index is -0.0662. The molecule has 6 heteroatoms. The van der Waals surface area contributed by atoms with Gasteiger partial charge in [-0.1, -0.05) is 68.9 Å². The van der Waals surface area contributed by atoms with E-state index in [0.717, 1.165) is 40.7 Å². The lowest BCUT2D eigenvalue weighted by molar-refractivity contribution is -0.113. The molecule has 0 saturated heterocycles. The van der Waals surface area contributed by atoms with Crippen molar-refractivity contribution in [3.05, 3.63) is 53.9 Å². The molecule has 1 N–H and O–H groups in total. The molecule has 148 valence electrons. The van der Waals surface area contributed by atoms with Crippen LogP contribution in [0, 0.1) is 5.41 Å². The molecule has 0 aliphatic heterocycles. The highest BCUT2D eigenvalue weighted by Crippen LogP contribution is 2.66. The van der Waals surface area contributed by atoms with Crippen molar-refractivity contribution in [1.82, 2.24) is 15.2 Å². The lowest BCUT2D eigenvalue weighted by Crippen LogP contribution is -2.32. The van der Waals surface area contributed by atoms with Gasteiger partial charge in [-0.25, -0.2) is 4.98 Å². The zero-order valence-corrected chi connectivity index (χ0v) is 17.7. The number of thioether (sulfide) groups is 1. The molecule has 3 aromatic rings. The number of anilines is 1. The van der Waals surface area contributed by atoms with Gasteiger partial charge in [0.15, 0.2) is 0 Å². The van der Waals surface area contributed by atoms with Gasteiger partial charge in [0.2, 0.25) is 11.1 Å². The molecule has 2 aromatic carbocycles. The van der Waals surface area contributed by atoms with Crippen molar-refractivity contribution in [2.24, 2.45) is 5.41 Å². The van der Waals surface area contributed by atoms with Crippen LogP contribution in [-0.4, -0.2) is 26.8 Å². The van der Waals surface area contributed by atoms with Crippen LogP contribution in [0.5, 0.6) is 0 Å². The molecule has 2 bridgehead atoms. The van der Waals surface area contributed by atoms with Gasteiger partial charge in [-0.2, -0.15) is 5.10 Å². The van der Waals surface area contributed by atoms with Crippen molar-refractivity contribution in [2.45, 2.75) is 50.1 Å². The van der Waals surface area contributed by atoms with E-state index in [0.29, 0.717) is 11.1 Å². The molecule has 5 rings (SSSR count). The van der Waals surface area contributed by atoms with E-state index in [2.05, 4.69) is 36.3 Å². The van der Waals surface area contributed by atoms with Crippen molar-refractivity contribution in [1.29, 1.82) is 0 Å². The summed E-state index contributed by atoms with van der Waals surface area (Å²) < 4.78 is 0. The summed E-state index contributed by atoms with van der Waals surface area (Å²) in [6.07, 6.45) is 2.30. The number of nitrogens with one attached hydrogen (secondary N) is 1. The van der Waals surface area contributed by atoms with Crippen molar-refractivity contribution in [2.75, 3.05) is 11.1 Å². The summed E-state index contributed by atoms with van der Waals surface area (Å²) in [5.74, 6) is 0.632. The number of carbonyl (C=O) groups is 1. The van der Waals surface area contributed by atoms with Crippen LogP contribution in [0.15, 0.2) is 47.6 Å². The van der Waals surface area contributed by atoms with Crippen molar-refractivity contribution < 1.29 is 4.79 Å². The van der Waals surface area contributed by atoms with Gasteiger partial charge in [-0.05, 0) is 29.7 Å². The van der Waals surface area contributed by atoms with Crippen LogP contribution in [0.3, 0.4) is 0 Å². The van der Waals surface area contributed by atoms with Gasteiger partial charge in [0.05, 0.1) is 17.1 Å². The molecule has 1 aromatic heterocycles. The number of benzene rings is 2. The summed E-state index contributed by atoms with van der Waals surface area (Å²) in [5, 5.41) is 14.6. The van der Waals surface area contributed by atoms with Gasteiger partial charge in [-0.3, -0.25) is 4.79 Å². The van der Waals surface area contributed by atoms with Crippen LogP contribution in [0.4, 0.5) is 5.69 Å². The van der Waals surface area contributed by atoms with E-state index in [4.69, 9.17) is 4.98 Å². The van der Waals surface area contributed by atoms with Crippen LogP contribution in [-0.2, 0) is 10.2 Å². The zero-order chi connectivity index (χ0) is 20.2. The summed E-state index contributed by atoms with van der Waals surface area (Å²) in [5.41, 5.74) is 3.18.